The monoisotopic (exact) mass is 401 g/mol. The number of nitrogens with two attached hydrogens (primary N) is 1. The average Bonchev–Trinajstić information content (AvgIpc) is 2.31. The Morgan fingerprint density at radius 3 is 2.32 bits per heavy atom. The van der Waals surface area contributed by atoms with Gasteiger partial charge in [-0.1, -0.05) is 49.5 Å². The topological polar surface area (TPSA) is 26.0 Å². The van der Waals surface area contributed by atoms with Crippen LogP contribution in [-0.4, -0.2) is 0 Å². The molecule has 4 heteroatoms. The van der Waals surface area contributed by atoms with E-state index < -0.39 is 0 Å². The van der Waals surface area contributed by atoms with Gasteiger partial charge in [-0.15, -0.1) is 0 Å². The molecule has 2 aromatic carbocycles. The molecule has 0 heterocycles. The summed E-state index contributed by atoms with van der Waals surface area (Å²) in [5.41, 5.74) is 10.8. The summed E-state index contributed by atoms with van der Waals surface area (Å²) in [5.74, 6) is 0. The minimum atomic E-state index is -0.179. The van der Waals surface area contributed by atoms with Crippen molar-refractivity contribution in [3.05, 3.63) is 66.6 Å². The third-order valence-corrected chi connectivity index (χ3v) is 4.66. The van der Waals surface area contributed by atoms with Crippen LogP contribution in [0.25, 0.3) is 0 Å². The maximum absolute atomic E-state index is 6.38. The van der Waals surface area contributed by atoms with E-state index in [4.69, 9.17) is 17.3 Å². The largest absolute Gasteiger partial charge is 0.320 e. The fourth-order valence-corrected chi connectivity index (χ4v) is 3.42. The van der Waals surface area contributed by atoms with Gasteiger partial charge in [0.1, 0.15) is 0 Å². The minimum Gasteiger partial charge on any atom is -0.320 e. The molecule has 0 aliphatic rings. The molecule has 0 aromatic heterocycles. The van der Waals surface area contributed by atoms with Crippen molar-refractivity contribution >= 4 is 43.5 Å². The fraction of sp³-hybridized carbons (Fsp3) is 0.200. The Morgan fingerprint density at radius 2 is 1.68 bits per heavy atom. The Labute approximate surface area is 135 Å². The summed E-state index contributed by atoms with van der Waals surface area (Å²) in [7, 11) is 0. The molecule has 0 radical (unpaired) electrons. The van der Waals surface area contributed by atoms with E-state index in [1.807, 2.05) is 18.2 Å². The summed E-state index contributed by atoms with van der Waals surface area (Å²) in [4.78, 5) is 0. The van der Waals surface area contributed by atoms with Gasteiger partial charge < -0.3 is 5.73 Å². The first kappa shape index (κ1) is 15.0. The predicted octanol–water partition coefficient (Wildman–Crippen LogP) is 5.53. The van der Waals surface area contributed by atoms with Crippen molar-refractivity contribution in [1.82, 2.24) is 0 Å². The van der Waals surface area contributed by atoms with Gasteiger partial charge in [0.2, 0.25) is 0 Å². The molecule has 0 saturated carbocycles. The SMILES string of the molecule is Cc1cc(C(N)c2cc(Cl)cc(Br)c2)c(C)cc1Br. The molecule has 0 amide bonds. The summed E-state index contributed by atoms with van der Waals surface area (Å²) in [6.45, 7) is 4.13. The van der Waals surface area contributed by atoms with Crippen molar-refractivity contribution in [2.75, 3.05) is 0 Å². The summed E-state index contributed by atoms with van der Waals surface area (Å²) in [6.07, 6.45) is 0. The lowest BCUT2D eigenvalue weighted by molar-refractivity contribution is 0.858. The van der Waals surface area contributed by atoms with Crippen LogP contribution in [0.4, 0.5) is 0 Å². The zero-order valence-corrected chi connectivity index (χ0v) is 14.6. The van der Waals surface area contributed by atoms with Gasteiger partial charge in [-0.2, -0.15) is 0 Å². The number of hydrogen-bond donors (Lipinski definition) is 1. The highest BCUT2D eigenvalue weighted by molar-refractivity contribution is 9.10. The summed E-state index contributed by atoms with van der Waals surface area (Å²) >= 11 is 13.1. The maximum Gasteiger partial charge on any atom is 0.0555 e. The van der Waals surface area contributed by atoms with Gasteiger partial charge in [-0.05, 0) is 60.4 Å². The molecule has 0 fully saturated rings. The van der Waals surface area contributed by atoms with Crippen molar-refractivity contribution in [3.63, 3.8) is 0 Å². The van der Waals surface area contributed by atoms with Crippen LogP contribution in [0.15, 0.2) is 39.3 Å². The van der Waals surface area contributed by atoms with Crippen molar-refractivity contribution in [2.45, 2.75) is 19.9 Å². The third kappa shape index (κ3) is 3.40. The molecule has 2 rings (SSSR count). The average molecular weight is 404 g/mol. The molecule has 2 aromatic rings. The second-order valence-electron chi connectivity index (χ2n) is 4.64. The van der Waals surface area contributed by atoms with Crippen LogP contribution < -0.4 is 5.73 Å². The quantitative estimate of drug-likeness (QED) is 0.701. The minimum absolute atomic E-state index is 0.179. The first-order chi connectivity index (χ1) is 8.88. The van der Waals surface area contributed by atoms with Crippen molar-refractivity contribution in [3.8, 4) is 0 Å². The standard InChI is InChI=1S/C15H14Br2ClN/c1-8-4-14(17)9(2)3-13(8)15(19)10-5-11(16)7-12(18)6-10/h3-7,15H,19H2,1-2H3. The molecule has 19 heavy (non-hydrogen) atoms. The van der Waals surface area contributed by atoms with Gasteiger partial charge in [-0.3, -0.25) is 0 Å². The summed E-state index contributed by atoms with van der Waals surface area (Å²) in [5, 5.41) is 0.686. The van der Waals surface area contributed by atoms with E-state index in [9.17, 15) is 0 Å². The van der Waals surface area contributed by atoms with Crippen LogP contribution >= 0.6 is 43.5 Å². The number of hydrogen-bond acceptors (Lipinski definition) is 1. The molecule has 0 saturated heterocycles. The molecule has 0 bridgehead atoms. The van der Waals surface area contributed by atoms with Crippen LogP contribution in [0.1, 0.15) is 28.3 Å². The zero-order valence-electron chi connectivity index (χ0n) is 10.7. The molecule has 1 nitrogen and oxygen atoms in total. The highest BCUT2D eigenvalue weighted by Gasteiger charge is 2.14. The van der Waals surface area contributed by atoms with Gasteiger partial charge in [0.05, 0.1) is 6.04 Å². The number of rotatable bonds is 2. The van der Waals surface area contributed by atoms with E-state index in [1.165, 1.54) is 11.1 Å². The third-order valence-electron chi connectivity index (χ3n) is 3.13. The number of benzene rings is 2. The second-order valence-corrected chi connectivity index (χ2v) is 6.84. The molecular formula is C15H14Br2ClN. The zero-order chi connectivity index (χ0) is 14.2. The van der Waals surface area contributed by atoms with Crippen molar-refractivity contribution in [2.24, 2.45) is 5.73 Å². The van der Waals surface area contributed by atoms with E-state index in [1.54, 1.807) is 0 Å². The van der Waals surface area contributed by atoms with E-state index in [2.05, 4.69) is 57.8 Å². The maximum atomic E-state index is 6.38. The summed E-state index contributed by atoms with van der Waals surface area (Å²) in [6, 6.07) is 9.82. The lowest BCUT2D eigenvalue weighted by Crippen LogP contribution is -2.13. The molecule has 0 aliphatic carbocycles. The highest BCUT2D eigenvalue weighted by Crippen LogP contribution is 2.30. The lowest BCUT2D eigenvalue weighted by atomic mass is 9.94. The first-order valence-corrected chi connectivity index (χ1v) is 7.83. The normalized spacial score (nSPS) is 12.5. The Bertz CT molecular complexity index is 606. The van der Waals surface area contributed by atoms with E-state index >= 15 is 0 Å². The van der Waals surface area contributed by atoms with Gasteiger partial charge in [0, 0.05) is 14.0 Å². The molecule has 1 atom stereocenters. The molecule has 0 spiro atoms. The molecule has 1 unspecified atom stereocenters. The Balaban J connectivity index is 2.49. The Kier molecular flexibility index (Phi) is 4.72. The van der Waals surface area contributed by atoms with E-state index in [0.29, 0.717) is 5.02 Å². The molecule has 2 N–H and O–H groups in total. The second kappa shape index (κ2) is 5.96. The number of aryl methyl sites for hydroxylation is 2. The van der Waals surface area contributed by atoms with Crippen molar-refractivity contribution in [1.29, 1.82) is 0 Å². The Morgan fingerprint density at radius 1 is 1.00 bits per heavy atom. The predicted molar refractivity (Wildman–Crippen MR) is 88.8 cm³/mol. The molecular weight excluding hydrogens is 389 g/mol. The van der Waals surface area contributed by atoms with Crippen LogP contribution in [0.3, 0.4) is 0 Å². The van der Waals surface area contributed by atoms with Gasteiger partial charge in [-0.25, -0.2) is 0 Å². The lowest BCUT2D eigenvalue weighted by Gasteiger charge is -2.17. The molecule has 100 valence electrons. The highest BCUT2D eigenvalue weighted by atomic mass is 79.9. The van der Waals surface area contributed by atoms with Crippen LogP contribution in [-0.2, 0) is 0 Å². The van der Waals surface area contributed by atoms with Gasteiger partial charge in [0.25, 0.3) is 0 Å². The fourth-order valence-electron chi connectivity index (χ4n) is 2.07. The number of halogens is 3. The smallest absolute Gasteiger partial charge is 0.0555 e. The van der Waals surface area contributed by atoms with E-state index in [0.717, 1.165) is 20.1 Å². The summed E-state index contributed by atoms with van der Waals surface area (Å²) < 4.78 is 2.05. The van der Waals surface area contributed by atoms with Crippen LogP contribution in [0.5, 0.6) is 0 Å². The van der Waals surface area contributed by atoms with Gasteiger partial charge in [0.15, 0.2) is 0 Å². The molecule has 0 aliphatic heterocycles. The van der Waals surface area contributed by atoms with Crippen LogP contribution in [0, 0.1) is 13.8 Å². The first-order valence-electron chi connectivity index (χ1n) is 5.86. The van der Waals surface area contributed by atoms with Crippen LogP contribution in [0.2, 0.25) is 5.02 Å². The van der Waals surface area contributed by atoms with Gasteiger partial charge >= 0.3 is 0 Å². The van der Waals surface area contributed by atoms with Crippen molar-refractivity contribution < 1.29 is 0 Å². The Hall–Kier alpha value is -0.350. The van der Waals surface area contributed by atoms with E-state index in [-0.39, 0.29) is 6.04 Å².